The summed E-state index contributed by atoms with van der Waals surface area (Å²) >= 11 is 0.0193. The molecule has 3 rings (SSSR count). The molecule has 1 aliphatic rings. The van der Waals surface area contributed by atoms with Crippen molar-refractivity contribution in [1.29, 1.82) is 0 Å². The predicted octanol–water partition coefficient (Wildman–Crippen LogP) is 2.44. The summed E-state index contributed by atoms with van der Waals surface area (Å²) < 4.78 is 1.31. The molecule has 0 unspecified atom stereocenters. The minimum atomic E-state index is -1.22. The Morgan fingerprint density at radius 3 is 2.30 bits per heavy atom. The van der Waals surface area contributed by atoms with Crippen LogP contribution in [-0.2, 0) is 10.8 Å². The topological polar surface area (TPSA) is 53.0 Å². The molecule has 3 nitrogen and oxygen atoms in total. The average Bonchev–Trinajstić information content (AvgIpc) is 2.60. The molecule has 0 saturated carbocycles. The van der Waals surface area contributed by atoms with Crippen LogP contribution in [0.25, 0.3) is 0 Å². The van der Waals surface area contributed by atoms with Gasteiger partial charge in [0, 0.05) is 0 Å². The molecule has 0 atom stereocenters. The number of fused-ring (bicyclic) bond motifs is 1. The molecule has 0 fully saturated rings. The number of aromatic nitrogens is 1. The predicted molar refractivity (Wildman–Crippen MR) is 107 cm³/mol. The van der Waals surface area contributed by atoms with Gasteiger partial charge in [0.2, 0.25) is 0 Å². The second-order valence-electron chi connectivity index (χ2n) is 8.48. The zero-order valence-electron chi connectivity index (χ0n) is 16.5. The third-order valence-electron chi connectivity index (χ3n) is 5.49. The van der Waals surface area contributed by atoms with Crippen molar-refractivity contribution in [2.24, 2.45) is 0 Å². The summed E-state index contributed by atoms with van der Waals surface area (Å²) in [5.41, 5.74) is 5.30. The van der Waals surface area contributed by atoms with Gasteiger partial charge in [0.15, 0.2) is 0 Å². The summed E-state index contributed by atoms with van der Waals surface area (Å²) in [5.74, 6) is 1.84. The Morgan fingerprint density at radius 1 is 1.11 bits per heavy atom. The monoisotopic (exact) mass is 426 g/mol. The molecule has 0 aliphatic heterocycles. The molecule has 4 heteroatoms. The van der Waals surface area contributed by atoms with Gasteiger partial charge in [-0.1, -0.05) is 0 Å². The fourth-order valence-electron chi connectivity index (χ4n) is 3.53. The van der Waals surface area contributed by atoms with E-state index in [1.54, 1.807) is 6.07 Å². The van der Waals surface area contributed by atoms with Crippen LogP contribution in [0.1, 0.15) is 73.3 Å². The van der Waals surface area contributed by atoms with Crippen molar-refractivity contribution in [2.75, 3.05) is 0 Å². The number of aryl methyl sites for hydroxylation is 1. The number of hydrogen-bond acceptors (Lipinski definition) is 3. The number of hydrogen-bond donors (Lipinski definition) is 0. The molecule has 1 aromatic carbocycles. The molecule has 0 amide bonds. The Kier molecular flexibility index (Phi) is 5.21. The number of rotatable bonds is 2. The maximum absolute atomic E-state index is 10.8. The summed E-state index contributed by atoms with van der Waals surface area (Å²) in [4.78, 5) is 18.1. The van der Waals surface area contributed by atoms with E-state index in [4.69, 9.17) is 0 Å². The van der Waals surface area contributed by atoms with Crippen LogP contribution in [0.5, 0.6) is 0 Å². The van der Waals surface area contributed by atoms with Crippen molar-refractivity contribution in [3.8, 4) is 10.7 Å². The second-order valence-corrected chi connectivity index (χ2v) is 10.3. The van der Waals surface area contributed by atoms with E-state index >= 15 is 0 Å². The first-order chi connectivity index (χ1) is 12.6. The van der Waals surface area contributed by atoms with E-state index in [9.17, 15) is 9.90 Å². The molecule has 0 bridgehead atoms. The van der Waals surface area contributed by atoms with E-state index in [1.807, 2.05) is 0 Å². The van der Waals surface area contributed by atoms with Crippen LogP contribution in [0.15, 0.2) is 30.5 Å². The Balaban J connectivity index is 1.88. The van der Waals surface area contributed by atoms with Crippen LogP contribution in [-0.4, -0.2) is 25.9 Å². The second kappa shape index (κ2) is 7.15. The standard InChI is InChI=1S/C23H25NO2Se/c1-15-12-18-19(23(4,5)10-9-22(18,2)3)13-20(15)27-11-8-17-7-6-16(14-24-17)21(25)26/h6-7,12-14H,9-10H2,1-5H3,(H,25,26)/p-1. The van der Waals surface area contributed by atoms with Gasteiger partial charge >= 0.3 is 168 Å². The van der Waals surface area contributed by atoms with Gasteiger partial charge in [0.05, 0.1) is 0 Å². The fourth-order valence-corrected chi connectivity index (χ4v) is 4.92. The summed E-state index contributed by atoms with van der Waals surface area (Å²) in [6, 6.07) is 7.84. The van der Waals surface area contributed by atoms with Crippen LogP contribution < -0.4 is 9.57 Å². The number of nitrogens with zero attached hydrogens (tertiary/aromatic N) is 1. The van der Waals surface area contributed by atoms with Crippen LogP contribution in [0.4, 0.5) is 0 Å². The van der Waals surface area contributed by atoms with Crippen molar-refractivity contribution in [3.05, 3.63) is 58.4 Å². The van der Waals surface area contributed by atoms with Crippen LogP contribution in [0.3, 0.4) is 0 Å². The SMILES string of the molecule is Cc1cc2c(cc1[Se]C#Cc1ccc(C(=O)[O-])cn1)C(C)(C)CCC2(C)C. The van der Waals surface area contributed by atoms with Gasteiger partial charge in [-0.2, -0.15) is 0 Å². The molecule has 0 radical (unpaired) electrons. The Bertz CT molecular complexity index is 947. The normalized spacial score (nSPS) is 16.8. The van der Waals surface area contributed by atoms with Crippen LogP contribution in [0, 0.1) is 17.7 Å². The molecule has 140 valence electrons. The Labute approximate surface area is 167 Å². The van der Waals surface area contributed by atoms with Crippen molar-refractivity contribution in [3.63, 3.8) is 0 Å². The zero-order chi connectivity index (χ0) is 19.8. The molecule has 1 heterocycles. The fraction of sp³-hybridized carbons (Fsp3) is 0.391. The molecule has 1 aromatic heterocycles. The summed E-state index contributed by atoms with van der Waals surface area (Å²) in [7, 11) is 0. The van der Waals surface area contributed by atoms with Gasteiger partial charge in [-0.15, -0.1) is 0 Å². The van der Waals surface area contributed by atoms with Gasteiger partial charge in [-0.05, 0) is 0 Å². The number of benzene rings is 1. The Hall–Kier alpha value is -2.08. The third kappa shape index (κ3) is 4.10. The number of aromatic carboxylic acids is 1. The van der Waals surface area contributed by atoms with Gasteiger partial charge in [0.25, 0.3) is 0 Å². The number of carbonyl (C=O) groups is 1. The van der Waals surface area contributed by atoms with Crippen molar-refractivity contribution in [1.82, 2.24) is 4.98 Å². The summed E-state index contributed by atoms with van der Waals surface area (Å²) in [5, 5.41) is 10.8. The van der Waals surface area contributed by atoms with Crippen molar-refractivity contribution in [2.45, 2.75) is 58.3 Å². The Morgan fingerprint density at radius 2 is 1.74 bits per heavy atom. The molecule has 27 heavy (non-hydrogen) atoms. The van der Waals surface area contributed by atoms with Crippen molar-refractivity contribution >= 4 is 25.4 Å². The van der Waals surface area contributed by atoms with E-state index in [-0.39, 0.29) is 31.4 Å². The van der Waals surface area contributed by atoms with E-state index in [2.05, 4.69) is 62.5 Å². The van der Waals surface area contributed by atoms with Gasteiger partial charge in [-0.3, -0.25) is 0 Å². The average molecular weight is 425 g/mol. The molecular weight excluding hydrogens is 401 g/mol. The molecule has 1 aliphatic carbocycles. The maximum atomic E-state index is 10.8. The van der Waals surface area contributed by atoms with Crippen LogP contribution in [0.2, 0.25) is 0 Å². The van der Waals surface area contributed by atoms with Crippen molar-refractivity contribution < 1.29 is 9.90 Å². The number of carbonyl (C=O) groups excluding carboxylic acids is 1. The zero-order valence-corrected chi connectivity index (χ0v) is 18.2. The van der Waals surface area contributed by atoms with E-state index in [1.165, 1.54) is 46.3 Å². The first-order valence-electron chi connectivity index (χ1n) is 9.11. The molecule has 0 spiro atoms. The van der Waals surface area contributed by atoms with E-state index < -0.39 is 5.97 Å². The minimum absolute atomic E-state index is 0.0193. The number of carboxylic acids is 1. The number of pyridine rings is 1. The molecule has 0 saturated heterocycles. The molecule has 2 aromatic rings. The van der Waals surface area contributed by atoms with Crippen LogP contribution >= 0.6 is 0 Å². The van der Waals surface area contributed by atoms with E-state index in [0.29, 0.717) is 5.69 Å². The first-order valence-corrected chi connectivity index (χ1v) is 10.8. The summed E-state index contributed by atoms with van der Waals surface area (Å²) in [6.45, 7) is 11.5. The summed E-state index contributed by atoms with van der Waals surface area (Å²) in [6.07, 6.45) is 3.70. The quantitative estimate of drug-likeness (QED) is 0.549. The number of carboxylic acid groups (broad SMARTS) is 1. The van der Waals surface area contributed by atoms with Gasteiger partial charge in [0.1, 0.15) is 0 Å². The molecule has 0 N–H and O–H groups in total. The molecular formula is C23H24NO2Se-. The van der Waals surface area contributed by atoms with Gasteiger partial charge in [-0.25, -0.2) is 0 Å². The van der Waals surface area contributed by atoms with Gasteiger partial charge < -0.3 is 0 Å². The first kappa shape index (κ1) is 19.7. The van der Waals surface area contributed by atoms with E-state index in [0.717, 1.165) is 0 Å². The third-order valence-corrected chi connectivity index (χ3v) is 7.30.